The van der Waals surface area contributed by atoms with Crippen LogP contribution in [0.4, 0.5) is 0 Å². The number of hydrogen-bond acceptors (Lipinski definition) is 3. The van der Waals surface area contributed by atoms with Crippen molar-refractivity contribution in [3.8, 4) is 33.9 Å². The molecule has 6 rings (SSSR count). The molecule has 0 saturated carbocycles. The van der Waals surface area contributed by atoms with Crippen molar-refractivity contribution < 1.29 is 0 Å². The van der Waals surface area contributed by atoms with E-state index < -0.39 is 0 Å². The zero-order valence-corrected chi connectivity index (χ0v) is 19.3. The lowest BCUT2D eigenvalue weighted by atomic mass is 9.94. The minimum Gasteiger partial charge on any atom is -0.208 e. The molecule has 0 amide bonds. The summed E-state index contributed by atoms with van der Waals surface area (Å²) in [6.07, 6.45) is 0. The quantitative estimate of drug-likeness (QED) is 0.269. The first-order valence-electron chi connectivity index (χ1n) is 11.2. The Labute approximate surface area is 202 Å². The highest BCUT2D eigenvalue weighted by molar-refractivity contribution is 6.28. The van der Waals surface area contributed by atoms with Crippen molar-refractivity contribution in [3.05, 3.63) is 114 Å². The minimum atomic E-state index is 0.184. The second kappa shape index (κ2) is 8.36. The summed E-state index contributed by atoms with van der Waals surface area (Å²) in [7, 11) is 0. The number of rotatable bonds is 3. The molecule has 0 aliphatic rings. The Hall–Kier alpha value is -4.08. The highest BCUT2D eigenvalue weighted by Crippen LogP contribution is 2.33. The van der Waals surface area contributed by atoms with E-state index in [4.69, 9.17) is 16.6 Å². The highest BCUT2D eigenvalue weighted by Gasteiger charge is 2.14. The van der Waals surface area contributed by atoms with E-state index in [1.807, 2.05) is 24.3 Å². The van der Waals surface area contributed by atoms with Crippen LogP contribution < -0.4 is 0 Å². The van der Waals surface area contributed by atoms with Crippen LogP contribution >= 0.6 is 11.6 Å². The fourth-order valence-electron chi connectivity index (χ4n) is 4.59. The molecular weight excluding hydrogens is 438 g/mol. The zero-order valence-electron chi connectivity index (χ0n) is 18.5. The molecule has 0 aliphatic carbocycles. The predicted molar refractivity (Wildman–Crippen MR) is 141 cm³/mol. The topological polar surface area (TPSA) is 38.7 Å². The summed E-state index contributed by atoms with van der Waals surface area (Å²) in [5, 5.41) is 4.87. The van der Waals surface area contributed by atoms with Crippen LogP contribution in [0.25, 0.3) is 55.4 Å². The van der Waals surface area contributed by atoms with Gasteiger partial charge in [0.2, 0.25) is 5.28 Å². The minimum absolute atomic E-state index is 0.184. The van der Waals surface area contributed by atoms with Gasteiger partial charge in [-0.05, 0) is 62.8 Å². The van der Waals surface area contributed by atoms with Gasteiger partial charge in [-0.2, -0.15) is 9.97 Å². The number of nitrogens with zero attached hydrogens (tertiary/aromatic N) is 3. The van der Waals surface area contributed by atoms with Gasteiger partial charge in [0.25, 0.3) is 0 Å². The molecular formula is C30H20ClN3. The van der Waals surface area contributed by atoms with Gasteiger partial charge < -0.3 is 0 Å². The number of hydrogen-bond donors (Lipinski definition) is 0. The average Bonchev–Trinajstić information content (AvgIpc) is 2.88. The molecule has 1 heterocycles. The standard InChI is InChI=1S/C30H20ClN3/c1-19-18-22(16-17-23(19)26-14-6-10-20-8-2-4-12-24(20)26)28-32-29(34-30(31)33-28)27-15-7-11-21-9-3-5-13-25(21)27/h2-18H,1H3. The molecule has 0 fully saturated rings. The van der Waals surface area contributed by atoms with Gasteiger partial charge in [-0.25, -0.2) is 4.98 Å². The maximum absolute atomic E-state index is 6.37. The number of benzene rings is 5. The predicted octanol–water partition coefficient (Wildman–Crippen LogP) is 8.14. The van der Waals surface area contributed by atoms with Crippen molar-refractivity contribution in [3.63, 3.8) is 0 Å². The van der Waals surface area contributed by atoms with Crippen LogP contribution in [-0.2, 0) is 0 Å². The van der Waals surface area contributed by atoms with Crippen molar-refractivity contribution >= 4 is 33.1 Å². The zero-order chi connectivity index (χ0) is 23.1. The lowest BCUT2D eigenvalue weighted by Crippen LogP contribution is -1.98. The van der Waals surface area contributed by atoms with Crippen molar-refractivity contribution in [1.82, 2.24) is 15.0 Å². The van der Waals surface area contributed by atoms with Crippen LogP contribution in [0.5, 0.6) is 0 Å². The molecule has 0 bridgehead atoms. The molecule has 1 aromatic heterocycles. The summed E-state index contributed by atoms with van der Waals surface area (Å²) < 4.78 is 0. The third-order valence-corrected chi connectivity index (χ3v) is 6.37. The van der Waals surface area contributed by atoms with E-state index in [1.54, 1.807) is 0 Å². The first-order valence-corrected chi connectivity index (χ1v) is 11.5. The molecule has 0 unspecified atom stereocenters. The number of halogens is 1. The van der Waals surface area contributed by atoms with Crippen LogP contribution in [-0.4, -0.2) is 15.0 Å². The van der Waals surface area contributed by atoms with E-state index in [0.717, 1.165) is 27.5 Å². The Kier molecular flexibility index (Phi) is 5.05. The molecule has 162 valence electrons. The van der Waals surface area contributed by atoms with Gasteiger partial charge in [-0.3, -0.25) is 0 Å². The van der Waals surface area contributed by atoms with Crippen LogP contribution in [0.15, 0.2) is 103 Å². The second-order valence-corrected chi connectivity index (χ2v) is 8.67. The molecule has 0 atom stereocenters. The third kappa shape index (κ3) is 3.60. The van der Waals surface area contributed by atoms with Gasteiger partial charge in [-0.15, -0.1) is 0 Å². The van der Waals surface area contributed by atoms with Gasteiger partial charge in [-0.1, -0.05) is 97.1 Å². The number of aromatic nitrogens is 3. The van der Waals surface area contributed by atoms with E-state index in [0.29, 0.717) is 11.6 Å². The van der Waals surface area contributed by atoms with Gasteiger partial charge in [0.05, 0.1) is 0 Å². The van der Waals surface area contributed by atoms with E-state index in [1.165, 1.54) is 21.9 Å². The van der Waals surface area contributed by atoms with E-state index >= 15 is 0 Å². The summed E-state index contributed by atoms with van der Waals surface area (Å²) in [5.74, 6) is 1.14. The Morgan fingerprint density at radius 2 is 1.12 bits per heavy atom. The number of fused-ring (bicyclic) bond motifs is 2. The summed E-state index contributed by atoms with van der Waals surface area (Å²) >= 11 is 6.37. The smallest absolute Gasteiger partial charge is 0.208 e. The number of aryl methyl sites for hydroxylation is 1. The van der Waals surface area contributed by atoms with Crippen LogP contribution in [0.3, 0.4) is 0 Å². The molecule has 0 saturated heterocycles. The van der Waals surface area contributed by atoms with Crippen LogP contribution in [0.1, 0.15) is 5.56 Å². The molecule has 6 aromatic rings. The first kappa shape index (κ1) is 20.5. The Morgan fingerprint density at radius 1 is 0.529 bits per heavy atom. The molecule has 0 spiro atoms. The summed E-state index contributed by atoms with van der Waals surface area (Å²) in [4.78, 5) is 13.7. The van der Waals surface area contributed by atoms with Crippen molar-refractivity contribution in [2.45, 2.75) is 6.92 Å². The SMILES string of the molecule is Cc1cc(-c2nc(Cl)nc(-c3cccc4ccccc34)n2)ccc1-c1cccc2ccccc12. The lowest BCUT2D eigenvalue weighted by Gasteiger charge is -2.12. The summed E-state index contributed by atoms with van der Waals surface area (Å²) in [5.41, 5.74) is 5.40. The molecule has 4 heteroatoms. The fourth-order valence-corrected chi connectivity index (χ4v) is 4.75. The molecule has 3 nitrogen and oxygen atoms in total. The van der Waals surface area contributed by atoms with Gasteiger partial charge in [0.1, 0.15) is 0 Å². The summed E-state index contributed by atoms with van der Waals surface area (Å²) in [6.45, 7) is 2.12. The molecule has 5 aromatic carbocycles. The van der Waals surface area contributed by atoms with Crippen molar-refractivity contribution in [2.75, 3.05) is 0 Å². The van der Waals surface area contributed by atoms with E-state index in [-0.39, 0.29) is 5.28 Å². The second-order valence-electron chi connectivity index (χ2n) is 8.33. The fraction of sp³-hybridized carbons (Fsp3) is 0.0333. The van der Waals surface area contributed by atoms with Gasteiger partial charge in [0, 0.05) is 11.1 Å². The van der Waals surface area contributed by atoms with Crippen molar-refractivity contribution in [2.24, 2.45) is 0 Å². The van der Waals surface area contributed by atoms with Crippen LogP contribution in [0.2, 0.25) is 5.28 Å². The largest absolute Gasteiger partial charge is 0.226 e. The maximum atomic E-state index is 6.37. The maximum Gasteiger partial charge on any atom is 0.226 e. The normalized spacial score (nSPS) is 11.2. The Bertz CT molecular complexity index is 1680. The average molecular weight is 458 g/mol. The molecule has 34 heavy (non-hydrogen) atoms. The van der Waals surface area contributed by atoms with E-state index in [9.17, 15) is 0 Å². The van der Waals surface area contributed by atoms with Gasteiger partial charge >= 0.3 is 0 Å². The third-order valence-electron chi connectivity index (χ3n) is 6.20. The Balaban J connectivity index is 1.46. The van der Waals surface area contributed by atoms with Crippen molar-refractivity contribution in [1.29, 1.82) is 0 Å². The van der Waals surface area contributed by atoms with E-state index in [2.05, 4.69) is 95.8 Å². The lowest BCUT2D eigenvalue weighted by molar-refractivity contribution is 1.07. The highest BCUT2D eigenvalue weighted by atomic mass is 35.5. The monoisotopic (exact) mass is 457 g/mol. The Morgan fingerprint density at radius 3 is 1.82 bits per heavy atom. The molecule has 0 N–H and O–H groups in total. The molecule has 0 radical (unpaired) electrons. The molecule has 0 aliphatic heterocycles. The summed E-state index contributed by atoms with van der Waals surface area (Å²) in [6, 6.07) is 35.5. The first-order chi connectivity index (χ1) is 16.7. The van der Waals surface area contributed by atoms with Gasteiger partial charge in [0.15, 0.2) is 11.6 Å². The van der Waals surface area contributed by atoms with Crippen LogP contribution in [0, 0.1) is 6.92 Å².